The summed E-state index contributed by atoms with van der Waals surface area (Å²) in [5, 5.41) is 0. The van der Waals surface area contributed by atoms with Crippen molar-refractivity contribution in [3.8, 4) is 0 Å². The predicted octanol–water partition coefficient (Wildman–Crippen LogP) is 3.15. The van der Waals surface area contributed by atoms with Crippen LogP contribution < -0.4 is 11.3 Å². The van der Waals surface area contributed by atoms with Crippen LogP contribution in [0.1, 0.15) is 51.4 Å². The minimum atomic E-state index is -4.06. The van der Waals surface area contributed by atoms with Crippen molar-refractivity contribution in [3.63, 3.8) is 0 Å². The minimum absolute atomic E-state index is 0.0238. The fraction of sp³-hybridized carbons (Fsp3) is 1.00. The van der Waals surface area contributed by atoms with Gasteiger partial charge in [0.25, 0.3) is 0 Å². The Balaban J connectivity index is 1.83. The molecule has 1 saturated carbocycles. The van der Waals surface area contributed by atoms with E-state index in [4.69, 9.17) is 10.6 Å². The largest absolute Gasteiger partial charge is 0.391 e. The Morgan fingerprint density at radius 3 is 2.60 bits per heavy atom. The van der Waals surface area contributed by atoms with Crippen LogP contribution in [0.25, 0.3) is 0 Å². The molecule has 118 valence electrons. The van der Waals surface area contributed by atoms with Crippen molar-refractivity contribution >= 4 is 0 Å². The zero-order valence-corrected chi connectivity index (χ0v) is 11.8. The first kappa shape index (κ1) is 16.0. The van der Waals surface area contributed by atoms with E-state index in [9.17, 15) is 13.2 Å². The molecule has 3 N–H and O–H groups in total. The third-order valence-corrected chi connectivity index (χ3v) is 4.78. The summed E-state index contributed by atoms with van der Waals surface area (Å²) < 4.78 is 44.1. The lowest BCUT2D eigenvalue weighted by atomic mass is 9.76. The average Bonchev–Trinajstić information content (AvgIpc) is 2.92. The smallest absolute Gasteiger partial charge is 0.378 e. The zero-order valence-electron chi connectivity index (χ0n) is 11.8. The molecule has 0 bridgehead atoms. The third kappa shape index (κ3) is 4.33. The van der Waals surface area contributed by atoms with E-state index in [0.717, 1.165) is 38.7 Å². The number of ether oxygens (including phenoxy) is 1. The lowest BCUT2D eigenvalue weighted by Gasteiger charge is -2.35. The molecule has 6 heteroatoms. The summed E-state index contributed by atoms with van der Waals surface area (Å²) in [6.07, 6.45) is 2.02. The summed E-state index contributed by atoms with van der Waals surface area (Å²) in [7, 11) is 0. The molecular formula is C14H25F3N2O. The fourth-order valence-electron chi connectivity index (χ4n) is 3.58. The number of hydrogen-bond donors (Lipinski definition) is 2. The second-order valence-electron chi connectivity index (χ2n) is 6.15. The molecule has 3 nitrogen and oxygen atoms in total. The summed E-state index contributed by atoms with van der Waals surface area (Å²) >= 11 is 0. The predicted molar refractivity (Wildman–Crippen MR) is 70.8 cm³/mol. The van der Waals surface area contributed by atoms with Gasteiger partial charge in [-0.2, -0.15) is 13.2 Å². The van der Waals surface area contributed by atoms with Gasteiger partial charge in [0.2, 0.25) is 0 Å². The Labute approximate surface area is 118 Å². The molecule has 0 radical (unpaired) electrons. The molecule has 0 aromatic carbocycles. The first-order valence-electron chi connectivity index (χ1n) is 7.65. The molecule has 20 heavy (non-hydrogen) atoms. The third-order valence-electron chi connectivity index (χ3n) is 4.78. The SMILES string of the molecule is NNC(CCC1CCCO1)C1CCCC(C(F)(F)F)C1. The van der Waals surface area contributed by atoms with Crippen molar-refractivity contribution in [2.24, 2.45) is 17.7 Å². The van der Waals surface area contributed by atoms with Crippen LogP contribution in [-0.2, 0) is 4.74 Å². The second-order valence-corrected chi connectivity index (χ2v) is 6.15. The van der Waals surface area contributed by atoms with Crippen LogP contribution in [0.4, 0.5) is 13.2 Å². The van der Waals surface area contributed by atoms with Crippen molar-refractivity contribution < 1.29 is 17.9 Å². The summed E-state index contributed by atoms with van der Waals surface area (Å²) in [4.78, 5) is 0. The van der Waals surface area contributed by atoms with Crippen LogP contribution in [0, 0.1) is 11.8 Å². The molecule has 1 heterocycles. The monoisotopic (exact) mass is 294 g/mol. The number of nitrogens with one attached hydrogen (secondary N) is 1. The Hall–Kier alpha value is -0.330. The zero-order chi connectivity index (χ0) is 14.6. The molecule has 4 atom stereocenters. The summed E-state index contributed by atoms with van der Waals surface area (Å²) in [6, 6.07) is -0.0238. The lowest BCUT2D eigenvalue weighted by Crippen LogP contribution is -2.44. The number of alkyl halides is 3. The Kier molecular flexibility index (Phi) is 5.69. The van der Waals surface area contributed by atoms with Crippen molar-refractivity contribution in [3.05, 3.63) is 0 Å². The van der Waals surface area contributed by atoms with Gasteiger partial charge in [0.1, 0.15) is 0 Å². The topological polar surface area (TPSA) is 47.3 Å². The molecule has 0 spiro atoms. The average molecular weight is 294 g/mol. The molecule has 4 unspecified atom stereocenters. The highest BCUT2D eigenvalue weighted by atomic mass is 19.4. The van der Waals surface area contributed by atoms with Gasteiger partial charge in [0.15, 0.2) is 0 Å². The van der Waals surface area contributed by atoms with E-state index in [1.165, 1.54) is 0 Å². The minimum Gasteiger partial charge on any atom is -0.378 e. The van der Waals surface area contributed by atoms with Gasteiger partial charge in [-0.1, -0.05) is 6.42 Å². The Morgan fingerprint density at radius 2 is 2.00 bits per heavy atom. The van der Waals surface area contributed by atoms with E-state index in [1.54, 1.807) is 0 Å². The van der Waals surface area contributed by atoms with Crippen molar-refractivity contribution in [2.75, 3.05) is 6.61 Å². The van der Waals surface area contributed by atoms with E-state index >= 15 is 0 Å². The molecule has 1 aliphatic heterocycles. The highest BCUT2D eigenvalue weighted by Gasteiger charge is 2.43. The first-order valence-corrected chi connectivity index (χ1v) is 7.65. The number of nitrogens with two attached hydrogens (primary N) is 1. The molecule has 1 saturated heterocycles. The first-order chi connectivity index (χ1) is 9.50. The van der Waals surface area contributed by atoms with E-state index in [1.807, 2.05) is 0 Å². The number of rotatable bonds is 5. The quantitative estimate of drug-likeness (QED) is 0.605. The van der Waals surface area contributed by atoms with Gasteiger partial charge < -0.3 is 4.74 Å². The van der Waals surface area contributed by atoms with Gasteiger partial charge in [0, 0.05) is 12.6 Å². The van der Waals surface area contributed by atoms with Crippen molar-refractivity contribution in [2.45, 2.75) is 69.7 Å². The summed E-state index contributed by atoms with van der Waals surface area (Å²) in [5.41, 5.74) is 2.74. The maximum absolute atomic E-state index is 12.8. The van der Waals surface area contributed by atoms with Crippen molar-refractivity contribution in [1.29, 1.82) is 0 Å². The molecule has 1 aliphatic carbocycles. The standard InChI is InChI=1S/C14H25F3N2O/c15-14(16,17)11-4-1-3-10(9-11)13(19-18)7-6-12-5-2-8-20-12/h10-13,19H,1-9,18H2. The molecule has 0 aromatic heterocycles. The highest BCUT2D eigenvalue weighted by Crippen LogP contribution is 2.41. The van der Waals surface area contributed by atoms with Crippen LogP contribution in [-0.4, -0.2) is 24.9 Å². The molecule has 2 rings (SSSR count). The van der Waals surface area contributed by atoms with Gasteiger partial charge in [-0.3, -0.25) is 11.3 Å². The van der Waals surface area contributed by atoms with Gasteiger partial charge in [0.05, 0.1) is 12.0 Å². The maximum atomic E-state index is 12.8. The fourth-order valence-corrected chi connectivity index (χ4v) is 3.58. The summed E-state index contributed by atoms with van der Waals surface area (Å²) in [6.45, 7) is 0.810. The Morgan fingerprint density at radius 1 is 1.20 bits per heavy atom. The van der Waals surface area contributed by atoms with Gasteiger partial charge in [-0.15, -0.1) is 0 Å². The van der Waals surface area contributed by atoms with Crippen LogP contribution >= 0.6 is 0 Å². The van der Waals surface area contributed by atoms with Gasteiger partial charge in [-0.05, 0) is 50.9 Å². The van der Waals surface area contributed by atoms with Crippen LogP contribution in [0.5, 0.6) is 0 Å². The number of hydrogen-bond acceptors (Lipinski definition) is 3. The second kappa shape index (κ2) is 7.09. The van der Waals surface area contributed by atoms with Crippen molar-refractivity contribution in [1.82, 2.24) is 5.43 Å². The molecule has 0 aromatic rings. The molecule has 2 aliphatic rings. The van der Waals surface area contributed by atoms with E-state index in [2.05, 4.69) is 5.43 Å². The van der Waals surface area contributed by atoms with Gasteiger partial charge in [-0.25, -0.2) is 0 Å². The molecule has 2 fully saturated rings. The highest BCUT2D eigenvalue weighted by molar-refractivity contribution is 4.85. The van der Waals surface area contributed by atoms with E-state index in [0.29, 0.717) is 6.42 Å². The Bertz CT molecular complexity index is 293. The number of hydrazine groups is 1. The van der Waals surface area contributed by atoms with Crippen LogP contribution in [0.3, 0.4) is 0 Å². The number of halogens is 3. The van der Waals surface area contributed by atoms with Crippen LogP contribution in [0.15, 0.2) is 0 Å². The maximum Gasteiger partial charge on any atom is 0.391 e. The normalized spacial score (nSPS) is 33.3. The van der Waals surface area contributed by atoms with E-state index in [-0.39, 0.29) is 30.9 Å². The van der Waals surface area contributed by atoms with E-state index < -0.39 is 12.1 Å². The molecular weight excluding hydrogens is 269 g/mol. The van der Waals surface area contributed by atoms with Crippen LogP contribution in [0.2, 0.25) is 0 Å². The van der Waals surface area contributed by atoms with Gasteiger partial charge >= 0.3 is 6.18 Å². The summed E-state index contributed by atoms with van der Waals surface area (Å²) in [5.74, 6) is 4.45. The molecule has 0 amide bonds. The lowest BCUT2D eigenvalue weighted by molar-refractivity contribution is -0.186.